The zero-order valence-corrected chi connectivity index (χ0v) is 20.2. The first-order chi connectivity index (χ1) is 16.1. The number of para-hydroxylation sites is 1. The standard InChI is InChI=1S/C27H20BrNO3S/c1-31-23-14-17(15-25-27(30)29-22-11-4-5-12-24(22)33-25)13-21(28)26(23)32-16-19-9-6-8-18-7-2-3-10-20(18)19/h2-15H,16H2,1H3,(H,29,30)/b25-15-. The molecule has 4 nitrogen and oxygen atoms in total. The van der Waals surface area contributed by atoms with Gasteiger partial charge in [-0.05, 0) is 68.2 Å². The van der Waals surface area contributed by atoms with Gasteiger partial charge >= 0.3 is 0 Å². The first-order valence-corrected chi connectivity index (χ1v) is 12.0. The van der Waals surface area contributed by atoms with Crippen molar-refractivity contribution in [1.82, 2.24) is 0 Å². The van der Waals surface area contributed by atoms with Crippen molar-refractivity contribution in [3.8, 4) is 11.5 Å². The molecule has 0 unspecified atom stereocenters. The van der Waals surface area contributed by atoms with Gasteiger partial charge in [-0.15, -0.1) is 0 Å². The molecule has 4 aromatic carbocycles. The molecular formula is C27H20BrNO3S. The molecule has 6 heteroatoms. The third-order valence-electron chi connectivity index (χ3n) is 5.38. The Bertz CT molecular complexity index is 1390. The molecular weight excluding hydrogens is 498 g/mol. The minimum atomic E-state index is -0.120. The van der Waals surface area contributed by atoms with Crippen LogP contribution in [-0.2, 0) is 11.4 Å². The number of fused-ring (bicyclic) bond motifs is 2. The Hall–Kier alpha value is -3.22. The van der Waals surface area contributed by atoms with Crippen LogP contribution < -0.4 is 14.8 Å². The van der Waals surface area contributed by atoms with Crippen LogP contribution in [0.25, 0.3) is 16.8 Å². The Morgan fingerprint density at radius 3 is 2.67 bits per heavy atom. The quantitative estimate of drug-likeness (QED) is 0.282. The summed E-state index contributed by atoms with van der Waals surface area (Å²) < 4.78 is 12.6. The lowest BCUT2D eigenvalue weighted by molar-refractivity contribution is -0.112. The van der Waals surface area contributed by atoms with Gasteiger partial charge in [-0.2, -0.15) is 0 Å². The summed E-state index contributed by atoms with van der Waals surface area (Å²) in [5.74, 6) is 1.10. The highest BCUT2D eigenvalue weighted by atomic mass is 79.9. The predicted molar refractivity (Wildman–Crippen MR) is 138 cm³/mol. The number of hydrogen-bond acceptors (Lipinski definition) is 4. The molecule has 1 amide bonds. The van der Waals surface area contributed by atoms with Crippen molar-refractivity contribution in [3.63, 3.8) is 0 Å². The largest absolute Gasteiger partial charge is 0.493 e. The highest BCUT2D eigenvalue weighted by Gasteiger charge is 2.21. The molecule has 33 heavy (non-hydrogen) atoms. The predicted octanol–water partition coefficient (Wildman–Crippen LogP) is 7.28. The first kappa shape index (κ1) is 21.6. The van der Waals surface area contributed by atoms with Gasteiger partial charge in [0.25, 0.3) is 5.91 Å². The van der Waals surface area contributed by atoms with Crippen LogP contribution in [0.4, 0.5) is 5.69 Å². The lowest BCUT2D eigenvalue weighted by atomic mass is 10.1. The molecule has 0 spiro atoms. The Morgan fingerprint density at radius 1 is 1.00 bits per heavy atom. The fourth-order valence-electron chi connectivity index (χ4n) is 3.79. The number of carbonyl (C=O) groups is 1. The van der Waals surface area contributed by atoms with Crippen LogP contribution in [-0.4, -0.2) is 13.0 Å². The number of methoxy groups -OCH3 is 1. The Balaban J connectivity index is 1.42. The van der Waals surface area contributed by atoms with Crippen molar-refractivity contribution in [2.45, 2.75) is 11.5 Å². The van der Waals surface area contributed by atoms with E-state index in [2.05, 4.69) is 45.5 Å². The molecule has 0 aromatic heterocycles. The summed E-state index contributed by atoms with van der Waals surface area (Å²) >= 11 is 5.08. The molecule has 0 fully saturated rings. The van der Waals surface area contributed by atoms with Gasteiger partial charge in [0.15, 0.2) is 11.5 Å². The Labute approximate surface area is 204 Å². The van der Waals surface area contributed by atoms with Crippen LogP contribution in [0, 0.1) is 0 Å². The van der Waals surface area contributed by atoms with Crippen LogP contribution in [0.1, 0.15) is 11.1 Å². The lowest BCUT2D eigenvalue weighted by Crippen LogP contribution is -2.17. The zero-order valence-electron chi connectivity index (χ0n) is 17.8. The molecule has 1 heterocycles. The molecule has 0 atom stereocenters. The van der Waals surface area contributed by atoms with Crippen molar-refractivity contribution < 1.29 is 14.3 Å². The van der Waals surface area contributed by atoms with E-state index in [1.807, 2.05) is 60.7 Å². The summed E-state index contributed by atoms with van der Waals surface area (Å²) in [6.07, 6.45) is 1.86. The van der Waals surface area contributed by atoms with Crippen LogP contribution in [0.3, 0.4) is 0 Å². The summed E-state index contributed by atoms with van der Waals surface area (Å²) in [6.45, 7) is 0.409. The number of anilines is 1. The SMILES string of the molecule is COc1cc(/C=C2\Sc3ccccc3NC2=O)cc(Br)c1OCc1cccc2ccccc12. The van der Waals surface area contributed by atoms with E-state index in [-0.39, 0.29) is 5.91 Å². The van der Waals surface area contributed by atoms with Gasteiger partial charge in [-0.1, -0.05) is 66.4 Å². The van der Waals surface area contributed by atoms with E-state index in [0.717, 1.165) is 31.6 Å². The number of nitrogens with one attached hydrogen (secondary N) is 1. The maximum atomic E-state index is 12.6. The maximum Gasteiger partial charge on any atom is 0.262 e. The highest BCUT2D eigenvalue weighted by molar-refractivity contribution is 9.10. The molecule has 0 aliphatic carbocycles. The molecule has 0 bridgehead atoms. The van der Waals surface area contributed by atoms with Gasteiger partial charge in [-0.25, -0.2) is 0 Å². The van der Waals surface area contributed by atoms with E-state index >= 15 is 0 Å². The smallest absolute Gasteiger partial charge is 0.262 e. The second-order valence-corrected chi connectivity index (χ2v) is 9.46. The summed E-state index contributed by atoms with van der Waals surface area (Å²) in [7, 11) is 1.61. The average molecular weight is 518 g/mol. The average Bonchev–Trinajstić information content (AvgIpc) is 2.83. The fourth-order valence-corrected chi connectivity index (χ4v) is 5.31. The van der Waals surface area contributed by atoms with Crippen molar-refractivity contribution in [3.05, 3.63) is 99.4 Å². The third-order valence-corrected chi connectivity index (χ3v) is 7.07. The number of amides is 1. The lowest BCUT2D eigenvalue weighted by Gasteiger charge is -2.18. The van der Waals surface area contributed by atoms with Gasteiger partial charge in [-0.3, -0.25) is 4.79 Å². The van der Waals surface area contributed by atoms with Crippen LogP contribution in [0.2, 0.25) is 0 Å². The number of hydrogen-bond donors (Lipinski definition) is 1. The van der Waals surface area contributed by atoms with E-state index < -0.39 is 0 Å². The zero-order chi connectivity index (χ0) is 22.8. The summed E-state index contributed by atoms with van der Waals surface area (Å²) in [5.41, 5.74) is 2.77. The molecule has 0 saturated carbocycles. The highest BCUT2D eigenvalue weighted by Crippen LogP contribution is 2.41. The minimum Gasteiger partial charge on any atom is -0.493 e. The number of thioether (sulfide) groups is 1. The Kier molecular flexibility index (Phi) is 6.11. The van der Waals surface area contributed by atoms with Gasteiger partial charge in [0, 0.05) is 4.90 Å². The molecule has 4 aromatic rings. The molecule has 0 saturated heterocycles. The number of rotatable bonds is 5. The van der Waals surface area contributed by atoms with Crippen molar-refractivity contribution in [1.29, 1.82) is 0 Å². The molecule has 5 rings (SSSR count). The normalized spacial score (nSPS) is 14.1. The van der Waals surface area contributed by atoms with E-state index in [1.165, 1.54) is 17.1 Å². The van der Waals surface area contributed by atoms with E-state index in [9.17, 15) is 4.79 Å². The van der Waals surface area contributed by atoms with Crippen LogP contribution in [0.5, 0.6) is 11.5 Å². The van der Waals surface area contributed by atoms with Gasteiger partial charge in [0.2, 0.25) is 0 Å². The van der Waals surface area contributed by atoms with Gasteiger partial charge in [0.1, 0.15) is 6.61 Å². The molecule has 164 valence electrons. The monoisotopic (exact) mass is 517 g/mol. The van der Waals surface area contributed by atoms with Gasteiger partial charge in [0.05, 0.1) is 22.2 Å². The maximum absolute atomic E-state index is 12.6. The van der Waals surface area contributed by atoms with Crippen LogP contribution >= 0.6 is 27.7 Å². The molecule has 1 aliphatic rings. The van der Waals surface area contributed by atoms with E-state index in [0.29, 0.717) is 23.0 Å². The van der Waals surface area contributed by atoms with Crippen molar-refractivity contribution in [2.24, 2.45) is 0 Å². The molecule has 0 radical (unpaired) electrons. The number of ether oxygens (including phenoxy) is 2. The number of halogens is 1. The number of carbonyl (C=O) groups excluding carboxylic acids is 1. The topological polar surface area (TPSA) is 47.6 Å². The second kappa shape index (κ2) is 9.33. The summed E-state index contributed by atoms with van der Waals surface area (Å²) in [6, 6.07) is 26.0. The fraction of sp³-hybridized carbons (Fsp3) is 0.0741. The summed E-state index contributed by atoms with van der Waals surface area (Å²) in [5, 5.41) is 5.28. The van der Waals surface area contributed by atoms with E-state index in [4.69, 9.17) is 9.47 Å². The Morgan fingerprint density at radius 2 is 1.79 bits per heavy atom. The van der Waals surface area contributed by atoms with Crippen LogP contribution in [0.15, 0.2) is 93.1 Å². The minimum absolute atomic E-state index is 0.120. The third kappa shape index (κ3) is 4.49. The summed E-state index contributed by atoms with van der Waals surface area (Å²) in [4.78, 5) is 14.2. The molecule has 1 N–H and O–H groups in total. The van der Waals surface area contributed by atoms with Gasteiger partial charge < -0.3 is 14.8 Å². The second-order valence-electron chi connectivity index (χ2n) is 7.52. The number of benzene rings is 4. The molecule has 1 aliphatic heterocycles. The van der Waals surface area contributed by atoms with E-state index in [1.54, 1.807) is 7.11 Å². The van der Waals surface area contributed by atoms with Crippen molar-refractivity contribution in [2.75, 3.05) is 12.4 Å². The first-order valence-electron chi connectivity index (χ1n) is 10.4. The van der Waals surface area contributed by atoms with Crippen molar-refractivity contribution >= 4 is 56.1 Å².